The molecular weight excluding hydrogens is 332 g/mol. The molecule has 0 aromatic heterocycles. The Kier molecular flexibility index (Phi) is 6.91. The van der Waals surface area contributed by atoms with Crippen LogP contribution in [0, 0.1) is 0 Å². The number of carbonyl (C=O) groups excluding carboxylic acids is 1. The maximum Gasteiger partial charge on any atom is 0.238 e. The highest BCUT2D eigenvalue weighted by molar-refractivity contribution is 7.98. The number of nitrogens with one attached hydrogen (secondary N) is 1. The van der Waals surface area contributed by atoms with E-state index >= 15 is 0 Å². The van der Waals surface area contributed by atoms with Crippen LogP contribution >= 0.6 is 11.8 Å². The number of rotatable bonds is 8. The van der Waals surface area contributed by atoms with Crippen LogP contribution in [0.25, 0.3) is 0 Å². The Hall–Kier alpha value is -1.98. The van der Waals surface area contributed by atoms with Crippen molar-refractivity contribution < 1.29 is 9.53 Å². The van der Waals surface area contributed by atoms with E-state index in [1.54, 1.807) is 18.9 Å². The van der Waals surface area contributed by atoms with E-state index in [1.807, 2.05) is 68.4 Å². The molecule has 0 fully saturated rings. The first-order valence-electron chi connectivity index (χ1n) is 8.26. The van der Waals surface area contributed by atoms with Gasteiger partial charge in [-0.1, -0.05) is 42.5 Å². The van der Waals surface area contributed by atoms with Crippen LogP contribution in [0.15, 0.2) is 54.6 Å². The fraction of sp³-hybridized carbons (Fsp3) is 0.350. The Balaban J connectivity index is 1.81. The lowest BCUT2D eigenvalue weighted by Gasteiger charge is -2.28. The van der Waals surface area contributed by atoms with Crippen LogP contribution in [0.2, 0.25) is 0 Å². The first kappa shape index (κ1) is 19.3. The van der Waals surface area contributed by atoms with Gasteiger partial charge in [-0.25, -0.2) is 0 Å². The Morgan fingerprint density at radius 3 is 2.40 bits per heavy atom. The van der Waals surface area contributed by atoms with Crippen molar-refractivity contribution in [2.45, 2.75) is 31.2 Å². The zero-order chi connectivity index (χ0) is 18.3. The Morgan fingerprint density at radius 2 is 1.80 bits per heavy atom. The maximum atomic E-state index is 12.4. The molecule has 0 spiro atoms. The molecule has 25 heavy (non-hydrogen) atoms. The highest BCUT2D eigenvalue weighted by Gasteiger charge is 2.25. The summed E-state index contributed by atoms with van der Waals surface area (Å²) in [5, 5.41) is 3.04. The average molecular weight is 359 g/mol. The van der Waals surface area contributed by atoms with Crippen LogP contribution in [-0.4, -0.2) is 24.8 Å². The van der Waals surface area contributed by atoms with Gasteiger partial charge in [0.05, 0.1) is 18.7 Å². The number of hydrogen-bond acceptors (Lipinski definition) is 4. The van der Waals surface area contributed by atoms with Crippen molar-refractivity contribution in [3.8, 4) is 5.75 Å². The van der Waals surface area contributed by atoms with Crippen LogP contribution in [0.1, 0.15) is 25.0 Å². The van der Waals surface area contributed by atoms with Crippen LogP contribution in [0.4, 0.5) is 0 Å². The summed E-state index contributed by atoms with van der Waals surface area (Å²) in [4.78, 5) is 12.4. The minimum Gasteiger partial charge on any atom is -0.497 e. The molecule has 0 radical (unpaired) electrons. The van der Waals surface area contributed by atoms with Crippen molar-refractivity contribution in [2.75, 3.05) is 12.9 Å². The number of benzene rings is 2. The third-order valence-corrected chi connectivity index (χ3v) is 5.13. The van der Waals surface area contributed by atoms with Gasteiger partial charge in [-0.3, -0.25) is 4.79 Å². The second-order valence-corrected chi connectivity index (χ2v) is 7.48. The molecule has 4 nitrogen and oxygen atoms in total. The standard InChI is InChI=1S/C20H26N2O2S/c1-20(2,16-7-5-4-6-8-16)22-19(23)18(21)14-25-13-15-9-11-17(24-3)12-10-15/h4-12,18H,13-14,21H2,1-3H3,(H,22,23)/t18-/m0/s1. The van der Waals surface area contributed by atoms with E-state index in [-0.39, 0.29) is 5.91 Å². The SMILES string of the molecule is COc1ccc(CSC[C@H](N)C(=O)NC(C)(C)c2ccccc2)cc1. The third kappa shape index (κ3) is 5.80. The molecule has 0 aliphatic carbocycles. The van der Waals surface area contributed by atoms with E-state index in [0.717, 1.165) is 17.1 Å². The third-order valence-electron chi connectivity index (χ3n) is 3.99. The molecule has 3 N–H and O–H groups in total. The highest BCUT2D eigenvalue weighted by Crippen LogP contribution is 2.20. The number of amides is 1. The number of thioether (sulfide) groups is 1. The van der Waals surface area contributed by atoms with Gasteiger partial charge in [0.15, 0.2) is 0 Å². The van der Waals surface area contributed by atoms with E-state index in [4.69, 9.17) is 10.5 Å². The molecule has 0 saturated carbocycles. The molecule has 0 heterocycles. The molecule has 5 heteroatoms. The lowest BCUT2D eigenvalue weighted by Crippen LogP contribution is -2.49. The van der Waals surface area contributed by atoms with Crippen LogP contribution in [0.5, 0.6) is 5.75 Å². The van der Waals surface area contributed by atoms with Gasteiger partial charge in [0.1, 0.15) is 5.75 Å². The molecule has 134 valence electrons. The zero-order valence-electron chi connectivity index (χ0n) is 15.0. The van der Waals surface area contributed by atoms with Gasteiger partial charge in [0.25, 0.3) is 0 Å². The second-order valence-electron chi connectivity index (χ2n) is 6.45. The van der Waals surface area contributed by atoms with Gasteiger partial charge < -0.3 is 15.8 Å². The molecule has 0 aliphatic heterocycles. The number of carbonyl (C=O) groups is 1. The fourth-order valence-electron chi connectivity index (χ4n) is 2.43. The van der Waals surface area contributed by atoms with Crippen molar-refractivity contribution in [1.82, 2.24) is 5.32 Å². The first-order valence-corrected chi connectivity index (χ1v) is 9.41. The average Bonchev–Trinajstić information content (AvgIpc) is 2.62. The normalized spacial score (nSPS) is 12.5. The lowest BCUT2D eigenvalue weighted by atomic mass is 9.94. The minimum atomic E-state index is -0.536. The van der Waals surface area contributed by atoms with Crippen molar-refractivity contribution in [1.29, 1.82) is 0 Å². The quantitative estimate of drug-likeness (QED) is 0.760. The fourth-order valence-corrected chi connectivity index (χ4v) is 3.38. The largest absolute Gasteiger partial charge is 0.497 e. The van der Waals surface area contributed by atoms with Crippen molar-refractivity contribution >= 4 is 17.7 Å². The molecule has 2 rings (SSSR count). The monoisotopic (exact) mass is 358 g/mol. The van der Waals surface area contributed by atoms with Gasteiger partial charge >= 0.3 is 0 Å². The predicted molar refractivity (Wildman–Crippen MR) is 105 cm³/mol. The number of methoxy groups -OCH3 is 1. The molecule has 2 aromatic carbocycles. The predicted octanol–water partition coefficient (Wildman–Crippen LogP) is 3.31. The van der Waals surface area contributed by atoms with E-state index in [0.29, 0.717) is 5.75 Å². The van der Waals surface area contributed by atoms with Crippen LogP contribution in [0.3, 0.4) is 0 Å². The van der Waals surface area contributed by atoms with Crippen molar-refractivity contribution in [3.63, 3.8) is 0 Å². The molecule has 0 aliphatic rings. The highest BCUT2D eigenvalue weighted by atomic mass is 32.2. The van der Waals surface area contributed by atoms with Gasteiger partial charge in [-0.15, -0.1) is 0 Å². The van der Waals surface area contributed by atoms with Crippen molar-refractivity contribution in [3.05, 3.63) is 65.7 Å². The maximum absolute atomic E-state index is 12.4. The molecule has 0 saturated heterocycles. The number of hydrogen-bond donors (Lipinski definition) is 2. The summed E-state index contributed by atoms with van der Waals surface area (Å²) in [6.45, 7) is 3.97. The van der Waals surface area contributed by atoms with E-state index in [9.17, 15) is 4.79 Å². The van der Waals surface area contributed by atoms with Gasteiger partial charge in [-0.05, 0) is 37.1 Å². The summed E-state index contributed by atoms with van der Waals surface area (Å²) < 4.78 is 5.15. The second kappa shape index (κ2) is 8.92. The first-order chi connectivity index (χ1) is 11.9. The van der Waals surface area contributed by atoms with Crippen LogP contribution < -0.4 is 15.8 Å². The zero-order valence-corrected chi connectivity index (χ0v) is 15.8. The summed E-state index contributed by atoms with van der Waals surface area (Å²) in [7, 11) is 1.65. The van der Waals surface area contributed by atoms with Gasteiger partial charge in [0, 0.05) is 11.5 Å². The summed E-state index contributed by atoms with van der Waals surface area (Å²) in [6, 6.07) is 17.3. The summed E-state index contributed by atoms with van der Waals surface area (Å²) >= 11 is 1.65. The molecule has 0 bridgehead atoms. The summed E-state index contributed by atoms with van der Waals surface area (Å²) in [6.07, 6.45) is 0. The van der Waals surface area contributed by atoms with E-state index in [1.165, 1.54) is 5.56 Å². The van der Waals surface area contributed by atoms with Gasteiger partial charge in [-0.2, -0.15) is 11.8 Å². The number of ether oxygens (including phenoxy) is 1. The molecule has 1 amide bonds. The Bertz CT molecular complexity index is 672. The molecule has 1 atom stereocenters. The minimum absolute atomic E-state index is 0.129. The van der Waals surface area contributed by atoms with Crippen LogP contribution in [-0.2, 0) is 16.1 Å². The lowest BCUT2D eigenvalue weighted by molar-refractivity contribution is -0.123. The summed E-state index contributed by atoms with van der Waals surface area (Å²) in [5.41, 5.74) is 7.85. The van der Waals surface area contributed by atoms with E-state index < -0.39 is 11.6 Å². The molecular formula is C20H26N2O2S. The Morgan fingerprint density at radius 1 is 1.16 bits per heavy atom. The smallest absolute Gasteiger partial charge is 0.238 e. The van der Waals surface area contributed by atoms with Gasteiger partial charge in [0.2, 0.25) is 5.91 Å². The Labute approximate surface area is 154 Å². The molecule has 2 aromatic rings. The number of nitrogens with two attached hydrogens (primary N) is 1. The van der Waals surface area contributed by atoms with E-state index in [2.05, 4.69) is 5.32 Å². The topological polar surface area (TPSA) is 64.3 Å². The van der Waals surface area contributed by atoms with Crippen molar-refractivity contribution in [2.24, 2.45) is 5.73 Å². The molecule has 0 unspecified atom stereocenters. The summed E-state index contributed by atoms with van der Waals surface area (Å²) in [5.74, 6) is 2.10.